The zero-order valence-electron chi connectivity index (χ0n) is 20.3. The molecule has 2 aromatic carbocycles. The predicted molar refractivity (Wildman–Crippen MR) is 131 cm³/mol. The Morgan fingerprint density at radius 3 is 2.39 bits per heavy atom. The van der Waals surface area contributed by atoms with Crippen molar-refractivity contribution < 1.29 is 29.1 Å². The number of nitrogens with zero attached hydrogens (tertiary/aromatic N) is 3. The van der Waals surface area contributed by atoms with Crippen molar-refractivity contribution in [3.05, 3.63) is 60.2 Å². The average Bonchev–Trinajstić information content (AvgIpc) is 2.92. The molecule has 0 saturated carbocycles. The molecule has 3 N–H and O–H groups in total. The normalized spacial score (nSPS) is 22.1. The maximum Gasteiger partial charge on any atom is 0.410 e. The Morgan fingerprint density at radius 2 is 1.75 bits per heavy atom. The molecule has 2 aromatic rings. The quantitative estimate of drug-likeness (QED) is 0.412. The fourth-order valence-corrected chi connectivity index (χ4v) is 4.62. The number of anilines is 1. The zero-order chi connectivity index (χ0) is 25.7. The minimum Gasteiger partial charge on any atom is -0.473 e. The number of hydroxylamine groups is 1. The third-order valence-electron chi connectivity index (χ3n) is 6.41. The van der Waals surface area contributed by atoms with Crippen LogP contribution >= 0.6 is 0 Å². The van der Waals surface area contributed by atoms with Gasteiger partial charge in [-0.2, -0.15) is 0 Å². The molecule has 11 heteroatoms. The van der Waals surface area contributed by atoms with Gasteiger partial charge in [0.15, 0.2) is 6.23 Å². The average molecular weight is 498 g/mol. The predicted octanol–water partition coefficient (Wildman–Crippen LogP) is 0.963. The molecule has 4 rings (SSSR count). The molecule has 0 radical (unpaired) electrons. The van der Waals surface area contributed by atoms with Gasteiger partial charge >= 0.3 is 6.09 Å². The summed E-state index contributed by atoms with van der Waals surface area (Å²) in [5.41, 5.74) is 3.64. The summed E-state index contributed by atoms with van der Waals surface area (Å²) < 4.78 is 10.9. The molecule has 11 nitrogen and oxygen atoms in total. The number of amides is 3. The van der Waals surface area contributed by atoms with Crippen LogP contribution in [0.5, 0.6) is 5.75 Å². The molecular formula is C25H31N5O6. The van der Waals surface area contributed by atoms with E-state index in [0.717, 1.165) is 11.3 Å². The number of carbonyl (C=O) groups is 3. The number of rotatable bonds is 5. The van der Waals surface area contributed by atoms with E-state index in [4.69, 9.17) is 9.47 Å². The maximum absolute atomic E-state index is 13.7. The van der Waals surface area contributed by atoms with Crippen molar-refractivity contribution in [2.24, 2.45) is 0 Å². The Balaban J connectivity index is 1.53. The molecule has 2 fully saturated rings. The molecule has 0 unspecified atom stereocenters. The van der Waals surface area contributed by atoms with Crippen LogP contribution in [-0.4, -0.2) is 91.1 Å². The van der Waals surface area contributed by atoms with E-state index in [1.54, 1.807) is 16.4 Å². The first-order valence-electron chi connectivity index (χ1n) is 11.8. The van der Waals surface area contributed by atoms with Crippen LogP contribution in [0.15, 0.2) is 54.6 Å². The topological polar surface area (TPSA) is 124 Å². The van der Waals surface area contributed by atoms with Gasteiger partial charge in [0.2, 0.25) is 5.91 Å². The van der Waals surface area contributed by atoms with Crippen molar-refractivity contribution in [1.82, 2.24) is 20.6 Å². The van der Waals surface area contributed by atoms with Crippen molar-refractivity contribution in [3.8, 4) is 5.75 Å². The highest BCUT2D eigenvalue weighted by Gasteiger charge is 2.48. The Hall–Kier alpha value is -3.83. The molecule has 192 valence electrons. The first-order valence-corrected chi connectivity index (χ1v) is 11.8. The number of hydrogen-bond acceptors (Lipinski definition) is 8. The Kier molecular flexibility index (Phi) is 7.91. The fourth-order valence-electron chi connectivity index (χ4n) is 4.62. The Bertz CT molecular complexity index is 1050. The second kappa shape index (κ2) is 11.3. The number of hydrogen-bond donors (Lipinski definition) is 3. The van der Waals surface area contributed by atoms with Crippen LogP contribution in [0.4, 0.5) is 10.5 Å². The van der Waals surface area contributed by atoms with Crippen LogP contribution in [0, 0.1) is 6.92 Å². The zero-order valence-corrected chi connectivity index (χ0v) is 20.3. The fraction of sp³-hybridized carbons (Fsp3) is 0.400. The first-order chi connectivity index (χ1) is 17.4. The van der Waals surface area contributed by atoms with E-state index in [-0.39, 0.29) is 6.54 Å². The van der Waals surface area contributed by atoms with Crippen molar-refractivity contribution >= 4 is 23.6 Å². The Labute approximate surface area is 209 Å². The lowest BCUT2D eigenvalue weighted by Gasteiger charge is -2.45. The highest BCUT2D eigenvalue weighted by Crippen LogP contribution is 2.23. The number of benzene rings is 2. The van der Waals surface area contributed by atoms with Gasteiger partial charge in [-0.3, -0.25) is 25.0 Å². The van der Waals surface area contributed by atoms with Gasteiger partial charge in [-0.1, -0.05) is 30.3 Å². The van der Waals surface area contributed by atoms with Gasteiger partial charge < -0.3 is 19.3 Å². The molecular weight excluding hydrogens is 466 g/mol. The van der Waals surface area contributed by atoms with Crippen molar-refractivity contribution in [2.45, 2.75) is 25.2 Å². The summed E-state index contributed by atoms with van der Waals surface area (Å²) in [5, 5.41) is 12.4. The van der Waals surface area contributed by atoms with Gasteiger partial charge in [-0.15, -0.1) is 0 Å². The molecule has 2 heterocycles. The van der Waals surface area contributed by atoms with E-state index >= 15 is 0 Å². The number of piperazine rings is 2. The van der Waals surface area contributed by atoms with Crippen LogP contribution in [0.1, 0.15) is 5.56 Å². The molecule has 0 bridgehead atoms. The van der Waals surface area contributed by atoms with Gasteiger partial charge in [-0.05, 0) is 36.8 Å². The minimum atomic E-state index is -1.27. The van der Waals surface area contributed by atoms with Gasteiger partial charge in [0.05, 0.1) is 13.7 Å². The summed E-state index contributed by atoms with van der Waals surface area (Å²) in [6.07, 6.45) is -1.60. The van der Waals surface area contributed by atoms with E-state index in [9.17, 15) is 19.6 Å². The summed E-state index contributed by atoms with van der Waals surface area (Å²) in [6, 6.07) is 14.7. The molecule has 2 aliphatic heterocycles. The second-order valence-electron chi connectivity index (χ2n) is 8.76. The molecule has 0 aromatic heterocycles. The van der Waals surface area contributed by atoms with Gasteiger partial charge in [-0.25, -0.2) is 10.3 Å². The highest BCUT2D eigenvalue weighted by molar-refractivity contribution is 5.94. The lowest BCUT2D eigenvalue weighted by molar-refractivity contribution is -0.148. The lowest BCUT2D eigenvalue weighted by atomic mass is 10.00. The highest BCUT2D eigenvalue weighted by atomic mass is 16.5. The standard InChI is InChI=1S/C25H31N5O6/c1-17-7-6-10-19(15-17)36-20-16-30(25(33)35-2)22(21(26-20)23(31)27-34)24(32)29-13-11-28(12-14-29)18-8-4-3-5-9-18/h3-10,15,20-22,26,34H,11-14,16H2,1-2H3,(H,27,31)/t20-,21-,22-/m0/s1. The second-order valence-corrected chi connectivity index (χ2v) is 8.76. The molecule has 2 aliphatic rings. The number of carbonyl (C=O) groups excluding carboxylic acids is 3. The summed E-state index contributed by atoms with van der Waals surface area (Å²) in [4.78, 5) is 44.1. The van der Waals surface area contributed by atoms with Crippen LogP contribution in [0.2, 0.25) is 0 Å². The molecule has 0 spiro atoms. The monoisotopic (exact) mass is 497 g/mol. The van der Waals surface area contributed by atoms with Crippen LogP contribution < -0.4 is 20.4 Å². The molecule has 0 aliphatic carbocycles. The summed E-state index contributed by atoms with van der Waals surface area (Å²) in [6.45, 7) is 3.90. The largest absolute Gasteiger partial charge is 0.473 e. The van der Waals surface area contributed by atoms with Gasteiger partial charge in [0.1, 0.15) is 17.8 Å². The molecule has 3 amide bonds. The lowest BCUT2D eigenvalue weighted by Crippen LogP contribution is -2.72. The van der Waals surface area contributed by atoms with E-state index in [1.165, 1.54) is 12.0 Å². The van der Waals surface area contributed by atoms with Gasteiger partial charge in [0, 0.05) is 31.9 Å². The number of ether oxygens (including phenoxy) is 2. The summed E-state index contributed by atoms with van der Waals surface area (Å²) in [5.74, 6) is -0.742. The van der Waals surface area contributed by atoms with E-state index in [0.29, 0.717) is 31.9 Å². The Morgan fingerprint density at radius 1 is 1.03 bits per heavy atom. The first kappa shape index (κ1) is 25.3. The van der Waals surface area contributed by atoms with Crippen molar-refractivity contribution in [1.29, 1.82) is 0 Å². The van der Waals surface area contributed by atoms with E-state index in [2.05, 4.69) is 10.2 Å². The minimum absolute atomic E-state index is 0.0454. The van der Waals surface area contributed by atoms with Gasteiger partial charge in [0.25, 0.3) is 5.91 Å². The third kappa shape index (κ3) is 5.52. The van der Waals surface area contributed by atoms with E-state index < -0.39 is 36.2 Å². The number of methoxy groups -OCH3 is 1. The molecule has 36 heavy (non-hydrogen) atoms. The summed E-state index contributed by atoms with van der Waals surface area (Å²) >= 11 is 0. The van der Waals surface area contributed by atoms with Crippen molar-refractivity contribution in [3.63, 3.8) is 0 Å². The molecule has 3 atom stereocenters. The van der Waals surface area contributed by atoms with Crippen LogP contribution in [0.25, 0.3) is 0 Å². The third-order valence-corrected chi connectivity index (χ3v) is 6.41. The number of para-hydroxylation sites is 1. The van der Waals surface area contributed by atoms with Crippen LogP contribution in [0.3, 0.4) is 0 Å². The number of nitrogens with one attached hydrogen (secondary N) is 2. The maximum atomic E-state index is 13.7. The smallest absolute Gasteiger partial charge is 0.410 e. The SMILES string of the molecule is COC(=O)N1C[C@H](Oc2cccc(C)c2)N[C@H](C(=O)NO)[C@H]1C(=O)N1CCN(c2ccccc2)CC1. The summed E-state index contributed by atoms with van der Waals surface area (Å²) in [7, 11) is 1.21. The molecule has 2 saturated heterocycles. The van der Waals surface area contributed by atoms with E-state index in [1.807, 2.05) is 55.5 Å². The number of aryl methyl sites for hydroxylation is 1. The van der Waals surface area contributed by atoms with Crippen LogP contribution in [-0.2, 0) is 14.3 Å². The van der Waals surface area contributed by atoms with Crippen molar-refractivity contribution in [2.75, 3.05) is 44.7 Å².